The number of ether oxygens (including phenoxy) is 2. The minimum atomic E-state index is -5.04. The zero-order valence-corrected chi connectivity index (χ0v) is 9.68. The fourth-order valence-electron chi connectivity index (χ4n) is 1.36. The van der Waals surface area contributed by atoms with Gasteiger partial charge in [-0.1, -0.05) is 0 Å². The maximum absolute atomic E-state index is 12.1. The van der Waals surface area contributed by atoms with Crippen molar-refractivity contribution in [2.24, 2.45) is 0 Å². The van der Waals surface area contributed by atoms with Gasteiger partial charge in [0, 0.05) is 12.5 Å². The summed E-state index contributed by atoms with van der Waals surface area (Å²) in [6, 6.07) is 3.99. The number of hydrogen-bond donors (Lipinski definition) is 0. The van der Waals surface area contributed by atoms with Crippen molar-refractivity contribution in [3.63, 3.8) is 0 Å². The third kappa shape index (κ3) is 6.17. The largest absolute Gasteiger partial charge is 0.573 e. The van der Waals surface area contributed by atoms with Gasteiger partial charge in [-0.15, -0.1) is 26.3 Å². The summed E-state index contributed by atoms with van der Waals surface area (Å²) in [7, 11) is 0. The van der Waals surface area contributed by atoms with E-state index < -0.39 is 24.2 Å². The lowest BCUT2D eigenvalue weighted by molar-refractivity contribution is -0.276. The predicted octanol–water partition coefficient (Wildman–Crippen LogP) is 3.94. The average molecular weight is 299 g/mol. The van der Waals surface area contributed by atoms with Gasteiger partial charge in [0.25, 0.3) is 0 Å². The van der Waals surface area contributed by atoms with E-state index >= 15 is 0 Å². The molecule has 0 saturated carbocycles. The number of rotatable bonds is 4. The highest BCUT2D eigenvalue weighted by Gasteiger charge is 2.33. The number of benzene rings is 1. The molecule has 0 aliphatic rings. The molecule has 0 radical (unpaired) electrons. The van der Waals surface area contributed by atoms with E-state index in [1.54, 1.807) is 6.07 Å². The summed E-state index contributed by atoms with van der Waals surface area (Å²) in [5.41, 5.74) is 0.0625. The van der Waals surface area contributed by atoms with Gasteiger partial charge >= 0.3 is 12.7 Å². The lowest BCUT2D eigenvalue weighted by atomic mass is 10.1. The van der Waals surface area contributed by atoms with Gasteiger partial charge in [-0.3, -0.25) is 0 Å². The van der Waals surface area contributed by atoms with Gasteiger partial charge < -0.3 is 9.47 Å². The lowest BCUT2D eigenvalue weighted by Gasteiger charge is -2.14. The van der Waals surface area contributed by atoms with Crippen molar-refractivity contribution in [2.75, 3.05) is 0 Å². The predicted molar refractivity (Wildman–Crippen MR) is 53.7 cm³/mol. The fourth-order valence-corrected chi connectivity index (χ4v) is 1.36. The highest BCUT2D eigenvalue weighted by Crippen LogP contribution is 2.31. The molecular weight excluding hydrogens is 292 g/mol. The molecule has 0 heterocycles. The summed E-state index contributed by atoms with van der Waals surface area (Å²) in [5, 5.41) is 8.37. The Bertz CT molecular complexity index is 469. The van der Waals surface area contributed by atoms with Crippen LogP contribution in [0.15, 0.2) is 18.2 Å². The SMILES string of the molecule is N#CCCc1cc(OC(F)(F)F)cc(OC(F)(F)F)c1. The molecule has 0 bridgehead atoms. The van der Waals surface area contributed by atoms with Crippen molar-refractivity contribution in [1.29, 1.82) is 5.26 Å². The third-order valence-electron chi connectivity index (χ3n) is 1.93. The van der Waals surface area contributed by atoms with Gasteiger partial charge in [-0.2, -0.15) is 5.26 Å². The highest BCUT2D eigenvalue weighted by atomic mass is 19.4. The summed E-state index contributed by atoms with van der Waals surface area (Å²) in [5.74, 6) is -1.68. The topological polar surface area (TPSA) is 42.2 Å². The molecule has 0 aliphatic heterocycles. The summed E-state index contributed by atoms with van der Waals surface area (Å²) in [4.78, 5) is 0. The molecule has 0 aliphatic carbocycles. The third-order valence-corrected chi connectivity index (χ3v) is 1.93. The van der Waals surface area contributed by atoms with Crippen LogP contribution in [0.5, 0.6) is 11.5 Å². The number of aryl methyl sites for hydroxylation is 1. The summed E-state index contributed by atoms with van der Waals surface area (Å²) < 4.78 is 79.4. The van der Waals surface area contributed by atoms with Crippen LogP contribution in [-0.2, 0) is 6.42 Å². The van der Waals surface area contributed by atoms with E-state index in [1.165, 1.54) is 0 Å². The van der Waals surface area contributed by atoms with Gasteiger partial charge in [-0.05, 0) is 24.1 Å². The van der Waals surface area contributed by atoms with Crippen molar-refractivity contribution < 1.29 is 35.8 Å². The van der Waals surface area contributed by atoms with Crippen LogP contribution in [0.4, 0.5) is 26.3 Å². The quantitative estimate of drug-likeness (QED) is 0.791. The molecule has 20 heavy (non-hydrogen) atoms. The number of nitriles is 1. The second kappa shape index (κ2) is 5.90. The number of hydrogen-bond acceptors (Lipinski definition) is 3. The molecule has 1 rings (SSSR count). The number of halogens is 6. The molecule has 0 unspecified atom stereocenters. The monoisotopic (exact) mass is 299 g/mol. The maximum Gasteiger partial charge on any atom is 0.573 e. The number of alkyl halides is 6. The van der Waals surface area contributed by atoms with Gasteiger partial charge in [0.15, 0.2) is 0 Å². The fraction of sp³-hybridized carbons (Fsp3) is 0.364. The van der Waals surface area contributed by atoms with Crippen molar-refractivity contribution >= 4 is 0 Å². The van der Waals surface area contributed by atoms with E-state index in [-0.39, 0.29) is 18.4 Å². The Kier molecular flexibility index (Phi) is 4.70. The second-order valence-electron chi connectivity index (χ2n) is 3.57. The van der Waals surface area contributed by atoms with E-state index in [0.29, 0.717) is 6.07 Å². The Hall–Kier alpha value is -2.11. The van der Waals surface area contributed by atoms with Gasteiger partial charge in [-0.25, -0.2) is 0 Å². The first-order valence-corrected chi connectivity index (χ1v) is 5.11. The molecule has 110 valence electrons. The van der Waals surface area contributed by atoms with Crippen LogP contribution >= 0.6 is 0 Å². The molecular formula is C11H7F6NO2. The zero-order chi connectivity index (χ0) is 15.4. The van der Waals surface area contributed by atoms with Crippen LogP contribution in [0.2, 0.25) is 0 Å². The smallest absolute Gasteiger partial charge is 0.406 e. The Labute approximate surface area is 109 Å². The normalized spacial score (nSPS) is 11.8. The Morgan fingerprint density at radius 2 is 1.35 bits per heavy atom. The van der Waals surface area contributed by atoms with Gasteiger partial charge in [0.05, 0.1) is 6.07 Å². The first-order valence-electron chi connectivity index (χ1n) is 5.11. The van der Waals surface area contributed by atoms with Crippen LogP contribution in [0.3, 0.4) is 0 Å². The molecule has 0 spiro atoms. The molecule has 0 saturated heterocycles. The first-order chi connectivity index (χ1) is 9.09. The molecule has 1 aromatic rings. The molecule has 1 aromatic carbocycles. The zero-order valence-electron chi connectivity index (χ0n) is 9.68. The van der Waals surface area contributed by atoms with Crippen LogP contribution in [0.25, 0.3) is 0 Å². The lowest BCUT2D eigenvalue weighted by Crippen LogP contribution is -2.19. The highest BCUT2D eigenvalue weighted by molar-refractivity contribution is 5.39. The van der Waals surface area contributed by atoms with Crippen molar-refractivity contribution in [3.05, 3.63) is 23.8 Å². The molecule has 0 fully saturated rings. The van der Waals surface area contributed by atoms with E-state index in [9.17, 15) is 26.3 Å². The Morgan fingerprint density at radius 3 is 1.70 bits per heavy atom. The molecule has 0 atom stereocenters. The molecule has 0 amide bonds. The molecule has 9 heteroatoms. The molecule has 0 aromatic heterocycles. The van der Waals surface area contributed by atoms with Gasteiger partial charge in [0.2, 0.25) is 0 Å². The minimum absolute atomic E-state index is 0.0280. The van der Waals surface area contributed by atoms with E-state index in [0.717, 1.165) is 12.1 Å². The summed E-state index contributed by atoms with van der Waals surface area (Å²) in [6.45, 7) is 0. The van der Waals surface area contributed by atoms with E-state index in [4.69, 9.17) is 5.26 Å². The van der Waals surface area contributed by atoms with Crippen molar-refractivity contribution in [1.82, 2.24) is 0 Å². The van der Waals surface area contributed by atoms with Crippen LogP contribution in [-0.4, -0.2) is 12.7 Å². The van der Waals surface area contributed by atoms with Gasteiger partial charge in [0.1, 0.15) is 11.5 Å². The average Bonchev–Trinajstić information content (AvgIpc) is 2.21. The molecule has 3 nitrogen and oxygen atoms in total. The Balaban J connectivity index is 3.04. The minimum Gasteiger partial charge on any atom is -0.406 e. The van der Waals surface area contributed by atoms with Crippen LogP contribution in [0.1, 0.15) is 12.0 Å². The first kappa shape index (κ1) is 15.9. The standard InChI is InChI=1S/C11H7F6NO2/c12-10(13,14)19-8-4-7(2-1-3-18)5-9(6-8)20-11(15,16)17/h4-6H,1-2H2. The Morgan fingerprint density at radius 1 is 0.900 bits per heavy atom. The van der Waals surface area contributed by atoms with E-state index in [1.807, 2.05) is 0 Å². The molecule has 0 N–H and O–H groups in total. The van der Waals surface area contributed by atoms with Crippen LogP contribution < -0.4 is 9.47 Å². The van der Waals surface area contributed by atoms with Crippen molar-refractivity contribution in [2.45, 2.75) is 25.6 Å². The van der Waals surface area contributed by atoms with Crippen molar-refractivity contribution in [3.8, 4) is 17.6 Å². The summed E-state index contributed by atoms with van der Waals surface area (Å²) in [6.07, 6.45) is -10.2. The maximum atomic E-state index is 12.1. The van der Waals surface area contributed by atoms with Crippen LogP contribution in [0, 0.1) is 11.3 Å². The second-order valence-corrected chi connectivity index (χ2v) is 3.57. The van der Waals surface area contributed by atoms with E-state index in [2.05, 4.69) is 9.47 Å². The number of nitrogens with zero attached hydrogens (tertiary/aromatic N) is 1. The summed E-state index contributed by atoms with van der Waals surface area (Å²) >= 11 is 0.